The Balaban J connectivity index is 2.46. The average Bonchev–Trinajstić information content (AvgIpc) is 2.68. The Hall–Kier alpha value is -1.55. The van der Waals surface area contributed by atoms with Crippen LogP contribution in [-0.2, 0) is 22.4 Å². The second kappa shape index (κ2) is 4.85. The van der Waals surface area contributed by atoms with E-state index in [1.54, 1.807) is 19.1 Å². The number of nitrogens with zero attached hydrogens (tertiary/aromatic N) is 1. The molecule has 0 fully saturated rings. The fraction of sp³-hybridized carbons (Fsp3) is 0.429. The summed E-state index contributed by atoms with van der Waals surface area (Å²) in [5.41, 5.74) is 0.689. The summed E-state index contributed by atoms with van der Waals surface area (Å²) < 4.78 is 0. The summed E-state index contributed by atoms with van der Waals surface area (Å²) in [6.45, 7) is 3.58. The summed E-state index contributed by atoms with van der Waals surface area (Å²) in [6.07, 6.45) is 0.647. The number of likely N-dealkylation sites (N-methyl/N-ethyl adjacent to an activating group) is 1. The van der Waals surface area contributed by atoms with Gasteiger partial charge in [-0.1, -0.05) is 17.7 Å². The van der Waals surface area contributed by atoms with Gasteiger partial charge in [0.05, 0.1) is 0 Å². The third kappa shape index (κ3) is 2.21. The standard InChI is InChI=1S/C14H16ClNO3/c1-3-16(9(2)17)14(13(18)19)7-10-4-5-12(15)6-11(10)8-14/h4-6H,3,7-8H2,1-2H3,(H,18,19). The number of rotatable bonds is 3. The molecule has 0 aromatic heterocycles. The second-order valence-corrected chi connectivity index (χ2v) is 5.30. The topological polar surface area (TPSA) is 57.6 Å². The smallest absolute Gasteiger partial charge is 0.330 e. The third-order valence-electron chi connectivity index (χ3n) is 3.75. The zero-order valence-electron chi connectivity index (χ0n) is 10.9. The van der Waals surface area contributed by atoms with Crippen LogP contribution in [-0.4, -0.2) is 34.0 Å². The van der Waals surface area contributed by atoms with Gasteiger partial charge < -0.3 is 10.0 Å². The highest BCUT2D eigenvalue weighted by molar-refractivity contribution is 6.30. The van der Waals surface area contributed by atoms with Crippen LogP contribution in [0.15, 0.2) is 18.2 Å². The molecule has 2 rings (SSSR count). The van der Waals surface area contributed by atoms with E-state index < -0.39 is 11.5 Å². The summed E-state index contributed by atoms with van der Waals surface area (Å²) in [5.74, 6) is -1.18. The highest BCUT2D eigenvalue weighted by Crippen LogP contribution is 2.36. The number of hydrogen-bond acceptors (Lipinski definition) is 2. The van der Waals surface area contributed by atoms with Crippen LogP contribution >= 0.6 is 11.6 Å². The zero-order chi connectivity index (χ0) is 14.2. The summed E-state index contributed by atoms with van der Waals surface area (Å²) in [7, 11) is 0. The molecule has 0 aliphatic heterocycles. The average molecular weight is 282 g/mol. The van der Waals surface area contributed by atoms with Gasteiger partial charge in [0, 0.05) is 31.3 Å². The number of carbonyl (C=O) groups excluding carboxylic acids is 1. The van der Waals surface area contributed by atoms with Crippen molar-refractivity contribution in [1.82, 2.24) is 4.90 Å². The van der Waals surface area contributed by atoms with Gasteiger partial charge in [0.2, 0.25) is 5.91 Å². The van der Waals surface area contributed by atoms with Gasteiger partial charge in [-0.05, 0) is 30.2 Å². The van der Waals surface area contributed by atoms with Gasteiger partial charge in [0.1, 0.15) is 5.54 Å². The van der Waals surface area contributed by atoms with Crippen molar-refractivity contribution < 1.29 is 14.7 Å². The Morgan fingerprint density at radius 2 is 2.00 bits per heavy atom. The van der Waals surface area contributed by atoms with Crippen molar-refractivity contribution in [2.45, 2.75) is 32.2 Å². The molecule has 1 atom stereocenters. The van der Waals surface area contributed by atoms with E-state index in [2.05, 4.69) is 0 Å². The number of fused-ring (bicyclic) bond motifs is 1. The maximum Gasteiger partial charge on any atom is 0.330 e. The molecule has 1 amide bonds. The SMILES string of the molecule is CCN(C(C)=O)C1(C(=O)O)Cc2ccc(Cl)cc2C1. The first-order valence-electron chi connectivity index (χ1n) is 6.19. The fourth-order valence-corrected chi connectivity index (χ4v) is 3.10. The lowest BCUT2D eigenvalue weighted by Gasteiger charge is -2.36. The number of hydrogen-bond donors (Lipinski definition) is 1. The van der Waals surface area contributed by atoms with E-state index in [0.717, 1.165) is 11.1 Å². The van der Waals surface area contributed by atoms with Crippen molar-refractivity contribution in [2.75, 3.05) is 6.54 Å². The molecule has 19 heavy (non-hydrogen) atoms. The Morgan fingerprint density at radius 3 is 2.53 bits per heavy atom. The van der Waals surface area contributed by atoms with Crippen molar-refractivity contribution in [2.24, 2.45) is 0 Å². The van der Waals surface area contributed by atoms with Crippen molar-refractivity contribution in [3.8, 4) is 0 Å². The molecule has 0 bridgehead atoms. The van der Waals surface area contributed by atoms with Crippen LogP contribution in [0.2, 0.25) is 5.02 Å². The zero-order valence-corrected chi connectivity index (χ0v) is 11.7. The molecule has 0 radical (unpaired) electrons. The van der Waals surface area contributed by atoms with Gasteiger partial charge in [-0.2, -0.15) is 0 Å². The summed E-state index contributed by atoms with van der Waals surface area (Å²) >= 11 is 5.94. The molecule has 1 aromatic carbocycles. The molecular formula is C14H16ClNO3. The van der Waals surface area contributed by atoms with E-state index in [1.165, 1.54) is 11.8 Å². The van der Waals surface area contributed by atoms with Crippen LogP contribution in [0.3, 0.4) is 0 Å². The molecule has 1 N–H and O–H groups in total. The predicted molar refractivity (Wildman–Crippen MR) is 72.3 cm³/mol. The molecule has 0 heterocycles. The molecule has 5 heteroatoms. The molecule has 0 saturated heterocycles. The molecule has 102 valence electrons. The number of halogens is 1. The number of amides is 1. The number of aliphatic carboxylic acids is 1. The number of carboxylic acids is 1. The third-order valence-corrected chi connectivity index (χ3v) is 3.98. The summed E-state index contributed by atoms with van der Waals surface area (Å²) in [5, 5.41) is 10.2. The van der Waals surface area contributed by atoms with Gasteiger partial charge in [0.25, 0.3) is 0 Å². The molecule has 0 spiro atoms. The Labute approximate surface area is 117 Å². The van der Waals surface area contributed by atoms with E-state index in [-0.39, 0.29) is 5.91 Å². The minimum atomic E-state index is -1.17. The largest absolute Gasteiger partial charge is 0.479 e. The minimum Gasteiger partial charge on any atom is -0.479 e. The molecule has 1 aromatic rings. The van der Waals surface area contributed by atoms with E-state index in [0.29, 0.717) is 24.4 Å². The van der Waals surface area contributed by atoms with Gasteiger partial charge >= 0.3 is 5.97 Å². The first-order chi connectivity index (χ1) is 8.90. The molecule has 0 saturated carbocycles. The van der Waals surface area contributed by atoms with Crippen molar-refractivity contribution in [3.05, 3.63) is 34.3 Å². The molecule has 1 aliphatic carbocycles. The Kier molecular flexibility index (Phi) is 3.54. The predicted octanol–water partition coefficient (Wildman–Crippen LogP) is 2.13. The van der Waals surface area contributed by atoms with Gasteiger partial charge in [-0.25, -0.2) is 4.79 Å². The lowest BCUT2D eigenvalue weighted by atomic mass is 9.93. The van der Waals surface area contributed by atoms with Crippen LogP contribution in [0, 0.1) is 0 Å². The van der Waals surface area contributed by atoms with Crippen molar-refractivity contribution in [3.63, 3.8) is 0 Å². The molecule has 4 nitrogen and oxygen atoms in total. The van der Waals surface area contributed by atoms with Crippen LogP contribution in [0.1, 0.15) is 25.0 Å². The van der Waals surface area contributed by atoms with Crippen molar-refractivity contribution in [1.29, 1.82) is 0 Å². The van der Waals surface area contributed by atoms with Crippen LogP contribution in [0.25, 0.3) is 0 Å². The minimum absolute atomic E-state index is 0.219. The number of carboxylic acid groups (broad SMARTS) is 1. The fourth-order valence-electron chi connectivity index (χ4n) is 2.91. The van der Waals surface area contributed by atoms with E-state index in [1.807, 2.05) is 6.07 Å². The lowest BCUT2D eigenvalue weighted by molar-refractivity contribution is -0.157. The summed E-state index contributed by atoms with van der Waals surface area (Å²) in [6, 6.07) is 5.38. The lowest BCUT2D eigenvalue weighted by Crippen LogP contribution is -2.57. The maximum absolute atomic E-state index is 11.8. The van der Waals surface area contributed by atoms with E-state index in [9.17, 15) is 14.7 Å². The normalized spacial score (nSPS) is 21.0. The van der Waals surface area contributed by atoms with Crippen LogP contribution < -0.4 is 0 Å². The van der Waals surface area contributed by atoms with Gasteiger partial charge in [-0.3, -0.25) is 4.79 Å². The van der Waals surface area contributed by atoms with Gasteiger partial charge in [0.15, 0.2) is 0 Å². The van der Waals surface area contributed by atoms with E-state index in [4.69, 9.17) is 11.6 Å². The highest BCUT2D eigenvalue weighted by atomic mass is 35.5. The molecule has 1 unspecified atom stereocenters. The van der Waals surface area contributed by atoms with Crippen LogP contribution in [0.4, 0.5) is 0 Å². The Morgan fingerprint density at radius 1 is 1.37 bits per heavy atom. The van der Waals surface area contributed by atoms with Crippen LogP contribution in [0.5, 0.6) is 0 Å². The molecule has 1 aliphatic rings. The maximum atomic E-state index is 11.8. The monoisotopic (exact) mass is 281 g/mol. The quantitative estimate of drug-likeness (QED) is 0.923. The van der Waals surface area contributed by atoms with Gasteiger partial charge in [-0.15, -0.1) is 0 Å². The van der Waals surface area contributed by atoms with Crippen molar-refractivity contribution >= 4 is 23.5 Å². The Bertz CT molecular complexity index is 543. The first kappa shape index (κ1) is 13.9. The number of carbonyl (C=O) groups is 2. The number of benzene rings is 1. The first-order valence-corrected chi connectivity index (χ1v) is 6.57. The second-order valence-electron chi connectivity index (χ2n) is 4.87. The highest BCUT2D eigenvalue weighted by Gasteiger charge is 2.49. The molecular weight excluding hydrogens is 266 g/mol. The van der Waals surface area contributed by atoms with E-state index >= 15 is 0 Å². The summed E-state index contributed by atoms with van der Waals surface area (Å²) in [4.78, 5) is 24.9.